The number of ether oxygens (including phenoxy) is 1. The largest absolute Gasteiger partial charge is 0.493 e. The molecule has 1 heterocycles. The second-order valence-electron chi connectivity index (χ2n) is 6.35. The summed E-state index contributed by atoms with van der Waals surface area (Å²) in [6.45, 7) is 8.22. The van der Waals surface area contributed by atoms with E-state index in [0.717, 1.165) is 37.5 Å². The lowest BCUT2D eigenvalue weighted by Gasteiger charge is -2.36. The molecule has 122 valence electrons. The van der Waals surface area contributed by atoms with Crippen LogP contribution >= 0.6 is 0 Å². The van der Waals surface area contributed by atoms with Gasteiger partial charge in [-0.25, -0.2) is 0 Å². The molecule has 0 spiro atoms. The molecule has 1 aromatic rings. The van der Waals surface area contributed by atoms with E-state index < -0.39 is 12.0 Å². The number of carbonyl (C=O) groups is 1. The highest BCUT2D eigenvalue weighted by Gasteiger charge is 2.29. The molecule has 0 aliphatic carbocycles. The third kappa shape index (κ3) is 4.45. The number of aliphatic carboxylic acids is 1. The zero-order valence-electron chi connectivity index (χ0n) is 13.7. The fourth-order valence-electron chi connectivity index (χ4n) is 2.60. The Kier molecular flexibility index (Phi) is 5.80. The van der Waals surface area contributed by atoms with Gasteiger partial charge in [-0.1, -0.05) is 26.0 Å². The van der Waals surface area contributed by atoms with Crippen molar-refractivity contribution in [2.24, 2.45) is 5.92 Å². The van der Waals surface area contributed by atoms with E-state index >= 15 is 0 Å². The minimum atomic E-state index is -0.791. The molecule has 5 heteroatoms. The van der Waals surface area contributed by atoms with Gasteiger partial charge in [-0.05, 0) is 30.7 Å². The number of carboxylic acid groups (broad SMARTS) is 1. The van der Waals surface area contributed by atoms with Crippen LogP contribution < -0.4 is 4.74 Å². The zero-order valence-corrected chi connectivity index (χ0v) is 13.7. The molecule has 0 saturated carbocycles. The maximum atomic E-state index is 11.7. The summed E-state index contributed by atoms with van der Waals surface area (Å²) in [5, 5.41) is 9.60. The Balaban J connectivity index is 2.07. The van der Waals surface area contributed by atoms with Gasteiger partial charge in [-0.15, -0.1) is 0 Å². The minimum absolute atomic E-state index is 0.469. The lowest BCUT2D eigenvalue weighted by atomic mass is 10.0. The van der Waals surface area contributed by atoms with Gasteiger partial charge in [0.05, 0.1) is 6.61 Å². The molecular formula is C17H26N2O3. The first kappa shape index (κ1) is 16.8. The lowest BCUT2D eigenvalue weighted by molar-refractivity contribution is -0.144. The molecule has 1 aliphatic rings. The third-order valence-electron chi connectivity index (χ3n) is 3.92. The van der Waals surface area contributed by atoms with E-state index in [2.05, 4.69) is 25.8 Å². The number of hydrogen-bond acceptors (Lipinski definition) is 4. The Bertz CT molecular complexity index is 479. The number of carboxylic acids is 1. The van der Waals surface area contributed by atoms with Crippen molar-refractivity contribution in [2.75, 3.05) is 39.8 Å². The highest BCUT2D eigenvalue weighted by molar-refractivity contribution is 5.75. The second-order valence-corrected chi connectivity index (χ2v) is 6.35. The molecule has 22 heavy (non-hydrogen) atoms. The summed E-state index contributed by atoms with van der Waals surface area (Å²) in [4.78, 5) is 15.9. The summed E-state index contributed by atoms with van der Waals surface area (Å²) in [5.74, 6) is 0.470. The van der Waals surface area contributed by atoms with Gasteiger partial charge in [0, 0.05) is 26.2 Å². The van der Waals surface area contributed by atoms with Gasteiger partial charge in [0.25, 0.3) is 0 Å². The predicted molar refractivity (Wildman–Crippen MR) is 86.2 cm³/mol. The van der Waals surface area contributed by atoms with E-state index in [9.17, 15) is 9.90 Å². The number of benzene rings is 1. The van der Waals surface area contributed by atoms with Gasteiger partial charge in [0.1, 0.15) is 11.8 Å². The highest BCUT2D eigenvalue weighted by atomic mass is 16.5. The van der Waals surface area contributed by atoms with E-state index in [1.807, 2.05) is 29.2 Å². The molecule has 1 aromatic carbocycles. The van der Waals surface area contributed by atoms with Crippen LogP contribution in [0.5, 0.6) is 5.75 Å². The van der Waals surface area contributed by atoms with E-state index in [0.29, 0.717) is 12.5 Å². The molecule has 2 rings (SSSR count). The first-order valence-electron chi connectivity index (χ1n) is 7.85. The fourth-order valence-corrected chi connectivity index (χ4v) is 2.60. The summed E-state index contributed by atoms with van der Waals surface area (Å²) in [5.41, 5.74) is 0.814. The fraction of sp³-hybridized carbons (Fsp3) is 0.588. The summed E-state index contributed by atoms with van der Waals surface area (Å²) in [6.07, 6.45) is 0. The van der Waals surface area contributed by atoms with Gasteiger partial charge < -0.3 is 14.7 Å². The second kappa shape index (κ2) is 7.61. The first-order chi connectivity index (χ1) is 10.5. The Morgan fingerprint density at radius 2 is 1.77 bits per heavy atom. The van der Waals surface area contributed by atoms with Crippen LogP contribution in [0.25, 0.3) is 0 Å². The molecule has 1 saturated heterocycles. The van der Waals surface area contributed by atoms with Gasteiger partial charge in [0.15, 0.2) is 0 Å². The van der Waals surface area contributed by atoms with Crippen molar-refractivity contribution >= 4 is 5.97 Å². The molecular weight excluding hydrogens is 280 g/mol. The van der Waals surface area contributed by atoms with E-state index in [4.69, 9.17) is 4.74 Å². The molecule has 5 nitrogen and oxygen atoms in total. The molecule has 0 aromatic heterocycles. The number of piperazine rings is 1. The molecule has 1 N–H and O–H groups in total. The zero-order chi connectivity index (χ0) is 16.1. The van der Waals surface area contributed by atoms with Crippen molar-refractivity contribution in [1.82, 2.24) is 9.80 Å². The van der Waals surface area contributed by atoms with Crippen LogP contribution in [0, 0.1) is 5.92 Å². The Labute approximate surface area is 132 Å². The van der Waals surface area contributed by atoms with Crippen LogP contribution in [0.4, 0.5) is 0 Å². The Morgan fingerprint density at radius 3 is 2.27 bits per heavy atom. The summed E-state index contributed by atoms with van der Waals surface area (Å²) in [6, 6.07) is 6.89. The van der Waals surface area contributed by atoms with Crippen LogP contribution in [0.1, 0.15) is 25.5 Å². The third-order valence-corrected chi connectivity index (χ3v) is 3.92. The van der Waals surface area contributed by atoms with E-state index in [1.165, 1.54) is 0 Å². The molecule has 0 radical (unpaired) electrons. The Hall–Kier alpha value is -1.59. The van der Waals surface area contributed by atoms with Crippen molar-refractivity contribution in [3.05, 3.63) is 29.8 Å². The molecule has 1 fully saturated rings. The first-order valence-corrected chi connectivity index (χ1v) is 7.85. The quantitative estimate of drug-likeness (QED) is 0.872. The normalized spacial score (nSPS) is 18.4. The van der Waals surface area contributed by atoms with Crippen molar-refractivity contribution in [3.63, 3.8) is 0 Å². The molecule has 1 unspecified atom stereocenters. The average Bonchev–Trinajstić information content (AvgIpc) is 2.48. The van der Waals surface area contributed by atoms with E-state index in [-0.39, 0.29) is 0 Å². The molecule has 1 aliphatic heterocycles. The van der Waals surface area contributed by atoms with Crippen LogP contribution in [-0.4, -0.2) is 60.7 Å². The maximum absolute atomic E-state index is 11.7. The summed E-state index contributed by atoms with van der Waals surface area (Å²) in [7, 11) is 2.06. The van der Waals surface area contributed by atoms with Gasteiger partial charge >= 0.3 is 5.97 Å². The predicted octanol–water partition coefficient (Wildman–Crippen LogP) is 2.09. The van der Waals surface area contributed by atoms with Crippen molar-refractivity contribution in [2.45, 2.75) is 19.9 Å². The standard InChI is InChI=1S/C17H26N2O3/c1-13(2)12-22-15-6-4-14(5-7-15)16(17(20)21)19-10-8-18(3)9-11-19/h4-7,13,16H,8-12H2,1-3H3,(H,20,21). The van der Waals surface area contributed by atoms with Gasteiger partial charge in [-0.2, -0.15) is 0 Å². The molecule has 1 atom stereocenters. The van der Waals surface area contributed by atoms with Crippen LogP contribution in [0.3, 0.4) is 0 Å². The smallest absolute Gasteiger partial charge is 0.325 e. The summed E-state index contributed by atoms with van der Waals surface area (Å²) >= 11 is 0. The number of hydrogen-bond donors (Lipinski definition) is 1. The van der Waals surface area contributed by atoms with E-state index in [1.54, 1.807) is 0 Å². The van der Waals surface area contributed by atoms with Gasteiger partial charge in [-0.3, -0.25) is 9.69 Å². The van der Waals surface area contributed by atoms with Crippen LogP contribution in [0.2, 0.25) is 0 Å². The number of likely N-dealkylation sites (N-methyl/N-ethyl adjacent to an activating group) is 1. The van der Waals surface area contributed by atoms with Crippen molar-refractivity contribution in [1.29, 1.82) is 0 Å². The minimum Gasteiger partial charge on any atom is -0.493 e. The lowest BCUT2D eigenvalue weighted by Crippen LogP contribution is -2.47. The molecule has 0 bridgehead atoms. The van der Waals surface area contributed by atoms with Crippen molar-refractivity contribution in [3.8, 4) is 5.75 Å². The Morgan fingerprint density at radius 1 is 1.18 bits per heavy atom. The van der Waals surface area contributed by atoms with Crippen LogP contribution in [-0.2, 0) is 4.79 Å². The topological polar surface area (TPSA) is 53.0 Å². The number of rotatable bonds is 6. The molecule has 0 amide bonds. The monoisotopic (exact) mass is 306 g/mol. The van der Waals surface area contributed by atoms with Gasteiger partial charge in [0.2, 0.25) is 0 Å². The summed E-state index contributed by atoms with van der Waals surface area (Å²) < 4.78 is 5.65. The SMILES string of the molecule is CC(C)COc1ccc(C(C(=O)O)N2CCN(C)CC2)cc1. The average molecular weight is 306 g/mol. The number of nitrogens with zero attached hydrogens (tertiary/aromatic N) is 2. The van der Waals surface area contributed by atoms with Crippen LogP contribution in [0.15, 0.2) is 24.3 Å². The maximum Gasteiger partial charge on any atom is 0.325 e. The highest BCUT2D eigenvalue weighted by Crippen LogP contribution is 2.24. The van der Waals surface area contributed by atoms with Crippen molar-refractivity contribution < 1.29 is 14.6 Å².